The first-order valence-electron chi connectivity index (χ1n) is 7.05. The molecule has 5 heteroatoms. The van der Waals surface area contributed by atoms with E-state index in [1.807, 2.05) is 18.2 Å². The molecule has 1 aliphatic rings. The first kappa shape index (κ1) is 14.3. The van der Waals surface area contributed by atoms with E-state index in [4.69, 9.17) is 4.74 Å². The monoisotopic (exact) mass is 296 g/mol. The van der Waals surface area contributed by atoms with Gasteiger partial charge in [0, 0.05) is 6.20 Å². The van der Waals surface area contributed by atoms with E-state index in [9.17, 15) is 4.79 Å². The number of methoxy groups -OCH3 is 1. The van der Waals surface area contributed by atoms with Gasteiger partial charge < -0.3 is 9.47 Å². The van der Waals surface area contributed by atoms with Crippen molar-refractivity contribution >= 4 is 11.9 Å². The third-order valence-electron chi connectivity index (χ3n) is 3.43. The van der Waals surface area contributed by atoms with Crippen molar-refractivity contribution in [2.45, 2.75) is 12.5 Å². The molecule has 1 atom stereocenters. The molecule has 0 amide bonds. The van der Waals surface area contributed by atoms with Gasteiger partial charge in [-0.2, -0.15) is 0 Å². The van der Waals surface area contributed by atoms with Gasteiger partial charge in [-0.05, 0) is 24.1 Å². The molecule has 1 aromatic heterocycles. The highest BCUT2D eigenvalue weighted by molar-refractivity contribution is 5.94. The van der Waals surface area contributed by atoms with Gasteiger partial charge in [0.2, 0.25) is 5.90 Å². The van der Waals surface area contributed by atoms with E-state index in [0.29, 0.717) is 23.8 Å². The Balaban J connectivity index is 1.70. The molecule has 1 aromatic carbocycles. The lowest BCUT2D eigenvalue weighted by Crippen LogP contribution is -2.09. The lowest BCUT2D eigenvalue weighted by molar-refractivity contribution is 0.0600. The van der Waals surface area contributed by atoms with Crippen LogP contribution in [0.2, 0.25) is 0 Å². The van der Waals surface area contributed by atoms with Crippen LogP contribution in [0.4, 0.5) is 0 Å². The molecule has 1 aliphatic heterocycles. The van der Waals surface area contributed by atoms with Crippen LogP contribution in [0.15, 0.2) is 53.7 Å². The summed E-state index contributed by atoms with van der Waals surface area (Å²) in [7, 11) is 1.34. The van der Waals surface area contributed by atoms with Gasteiger partial charge in [0.05, 0.1) is 18.7 Å². The first-order chi connectivity index (χ1) is 10.8. The summed E-state index contributed by atoms with van der Waals surface area (Å²) in [5, 5.41) is 0. The quantitative estimate of drug-likeness (QED) is 0.812. The fourth-order valence-electron chi connectivity index (χ4n) is 2.31. The van der Waals surface area contributed by atoms with E-state index in [1.54, 1.807) is 12.1 Å². The highest BCUT2D eigenvalue weighted by atomic mass is 16.5. The van der Waals surface area contributed by atoms with Crippen LogP contribution in [0.3, 0.4) is 0 Å². The number of aliphatic imine (C=N–C) groups is 1. The van der Waals surface area contributed by atoms with Gasteiger partial charge in [0.1, 0.15) is 12.3 Å². The highest BCUT2D eigenvalue weighted by Gasteiger charge is 2.21. The predicted octanol–water partition coefficient (Wildman–Crippen LogP) is 2.26. The maximum atomic E-state index is 11.4. The molecule has 0 fully saturated rings. The average Bonchev–Trinajstić information content (AvgIpc) is 3.04. The lowest BCUT2D eigenvalue weighted by Gasteiger charge is -2.04. The number of hydrogen-bond donors (Lipinski definition) is 0. The number of hydrogen-bond acceptors (Lipinski definition) is 5. The molecule has 0 radical (unpaired) electrons. The van der Waals surface area contributed by atoms with E-state index in [0.717, 1.165) is 6.42 Å². The SMILES string of the molecule is COC(=O)c1ccc(C2=N[C@@H](Cc3ccccc3)CO2)nc1. The van der Waals surface area contributed by atoms with Crippen molar-refractivity contribution in [3.05, 3.63) is 65.5 Å². The summed E-state index contributed by atoms with van der Waals surface area (Å²) in [6.07, 6.45) is 2.31. The third-order valence-corrected chi connectivity index (χ3v) is 3.43. The maximum Gasteiger partial charge on any atom is 0.339 e. The van der Waals surface area contributed by atoms with Crippen LogP contribution in [0.5, 0.6) is 0 Å². The number of rotatable bonds is 4. The third kappa shape index (κ3) is 3.14. The molecule has 0 bridgehead atoms. The summed E-state index contributed by atoms with van der Waals surface area (Å²) in [5.41, 5.74) is 2.27. The van der Waals surface area contributed by atoms with Crippen LogP contribution in [-0.2, 0) is 15.9 Å². The van der Waals surface area contributed by atoms with Crippen molar-refractivity contribution in [2.24, 2.45) is 4.99 Å². The minimum atomic E-state index is -0.407. The molecule has 22 heavy (non-hydrogen) atoms. The average molecular weight is 296 g/mol. The topological polar surface area (TPSA) is 60.8 Å². The Bertz CT molecular complexity index is 681. The van der Waals surface area contributed by atoms with Gasteiger partial charge in [0.25, 0.3) is 0 Å². The fourth-order valence-corrected chi connectivity index (χ4v) is 2.31. The minimum absolute atomic E-state index is 0.0967. The molecule has 2 aromatic rings. The molecule has 0 spiro atoms. The van der Waals surface area contributed by atoms with E-state index in [-0.39, 0.29) is 6.04 Å². The number of ether oxygens (including phenoxy) is 2. The molecule has 0 unspecified atom stereocenters. The zero-order chi connectivity index (χ0) is 15.4. The Morgan fingerprint density at radius 3 is 2.77 bits per heavy atom. The molecule has 2 heterocycles. The van der Waals surface area contributed by atoms with Crippen molar-refractivity contribution in [3.63, 3.8) is 0 Å². The smallest absolute Gasteiger partial charge is 0.339 e. The number of aromatic nitrogens is 1. The van der Waals surface area contributed by atoms with Gasteiger partial charge in [-0.1, -0.05) is 30.3 Å². The molecule has 0 N–H and O–H groups in total. The zero-order valence-corrected chi connectivity index (χ0v) is 12.2. The Kier molecular flexibility index (Phi) is 4.14. The summed E-state index contributed by atoms with van der Waals surface area (Å²) in [6.45, 7) is 0.546. The van der Waals surface area contributed by atoms with Crippen LogP contribution < -0.4 is 0 Å². The van der Waals surface area contributed by atoms with Crippen molar-refractivity contribution in [1.82, 2.24) is 4.98 Å². The maximum absolute atomic E-state index is 11.4. The van der Waals surface area contributed by atoms with Crippen LogP contribution in [0.1, 0.15) is 21.6 Å². The van der Waals surface area contributed by atoms with Crippen molar-refractivity contribution in [2.75, 3.05) is 13.7 Å². The molecule has 5 nitrogen and oxygen atoms in total. The first-order valence-corrected chi connectivity index (χ1v) is 7.05. The zero-order valence-electron chi connectivity index (χ0n) is 12.2. The Hall–Kier alpha value is -2.69. The summed E-state index contributed by atoms with van der Waals surface area (Å²) in [4.78, 5) is 20.2. The summed E-state index contributed by atoms with van der Waals surface area (Å²) in [5.74, 6) is 0.118. The number of carbonyl (C=O) groups is 1. The molecular weight excluding hydrogens is 280 g/mol. The number of benzene rings is 1. The van der Waals surface area contributed by atoms with E-state index in [1.165, 1.54) is 18.9 Å². The Morgan fingerprint density at radius 2 is 2.09 bits per heavy atom. The number of nitrogens with zero attached hydrogens (tertiary/aromatic N) is 2. The van der Waals surface area contributed by atoms with Gasteiger partial charge >= 0.3 is 5.97 Å². The van der Waals surface area contributed by atoms with Crippen molar-refractivity contribution in [1.29, 1.82) is 0 Å². The van der Waals surface area contributed by atoms with Crippen LogP contribution in [0.25, 0.3) is 0 Å². The van der Waals surface area contributed by atoms with Crippen LogP contribution >= 0.6 is 0 Å². The van der Waals surface area contributed by atoms with Crippen molar-refractivity contribution in [3.8, 4) is 0 Å². The van der Waals surface area contributed by atoms with Crippen LogP contribution in [-0.4, -0.2) is 36.6 Å². The standard InChI is InChI=1S/C17H16N2O3/c1-21-17(20)13-7-8-15(18-10-13)16-19-14(11-22-16)9-12-5-3-2-4-6-12/h2-8,10,14H,9,11H2,1H3/t14-/m0/s1. The summed E-state index contributed by atoms with van der Waals surface area (Å²) < 4.78 is 10.3. The molecular formula is C17H16N2O3. The summed E-state index contributed by atoms with van der Waals surface area (Å²) >= 11 is 0. The second-order valence-corrected chi connectivity index (χ2v) is 5.01. The Morgan fingerprint density at radius 1 is 1.27 bits per heavy atom. The molecule has 0 saturated heterocycles. The van der Waals surface area contributed by atoms with E-state index < -0.39 is 5.97 Å². The second kappa shape index (κ2) is 6.39. The predicted molar refractivity (Wildman–Crippen MR) is 82.0 cm³/mol. The number of carbonyl (C=O) groups excluding carboxylic acids is 1. The molecule has 3 rings (SSSR count). The Labute approximate surface area is 128 Å². The largest absolute Gasteiger partial charge is 0.474 e. The molecule has 112 valence electrons. The van der Waals surface area contributed by atoms with Crippen LogP contribution in [0, 0.1) is 0 Å². The van der Waals surface area contributed by atoms with Gasteiger partial charge in [-0.3, -0.25) is 4.98 Å². The fraction of sp³-hybridized carbons (Fsp3) is 0.235. The molecule has 0 saturated carbocycles. The molecule has 0 aliphatic carbocycles. The number of pyridine rings is 1. The lowest BCUT2D eigenvalue weighted by atomic mass is 10.1. The van der Waals surface area contributed by atoms with Gasteiger partial charge in [-0.15, -0.1) is 0 Å². The van der Waals surface area contributed by atoms with Gasteiger partial charge in [-0.25, -0.2) is 9.79 Å². The normalized spacial score (nSPS) is 16.8. The van der Waals surface area contributed by atoms with Gasteiger partial charge in [0.15, 0.2) is 0 Å². The van der Waals surface area contributed by atoms with E-state index in [2.05, 4.69) is 26.8 Å². The number of esters is 1. The summed E-state index contributed by atoms with van der Waals surface area (Å²) in [6, 6.07) is 13.7. The minimum Gasteiger partial charge on any atom is -0.474 e. The van der Waals surface area contributed by atoms with Crippen molar-refractivity contribution < 1.29 is 14.3 Å². The highest BCUT2D eigenvalue weighted by Crippen LogP contribution is 2.15. The second-order valence-electron chi connectivity index (χ2n) is 5.01. The van der Waals surface area contributed by atoms with E-state index >= 15 is 0 Å².